The quantitative estimate of drug-likeness (QED) is 0.385. The number of carbonyl (C=O) groups excluding carboxylic acids is 2. The van der Waals surface area contributed by atoms with E-state index in [9.17, 15) is 18.9 Å². The van der Waals surface area contributed by atoms with Crippen LogP contribution in [0.15, 0.2) is 9.93 Å². The van der Waals surface area contributed by atoms with Crippen LogP contribution in [0.1, 0.15) is 6.92 Å². The van der Waals surface area contributed by atoms with Gasteiger partial charge in [-0.05, 0) is 0 Å². The fourth-order valence-electron chi connectivity index (χ4n) is 1.74. The third kappa shape index (κ3) is 2.30. The molecule has 0 aromatic carbocycles. The Bertz CT molecular complexity index is 452. The first-order chi connectivity index (χ1) is 8.02. The fraction of sp³-hybridized carbons (Fsp3) is 0.556. The number of thioether (sulfide) groups is 1. The van der Waals surface area contributed by atoms with Crippen LogP contribution >= 0.6 is 11.8 Å². The Balaban J connectivity index is 0.00000162. The molecule has 9 heteroatoms. The van der Waals surface area contributed by atoms with Gasteiger partial charge >= 0.3 is 29.6 Å². The van der Waals surface area contributed by atoms with E-state index in [0.717, 1.165) is 16.7 Å². The fourth-order valence-corrected chi connectivity index (χ4v) is 4.66. The van der Waals surface area contributed by atoms with Gasteiger partial charge in [0.15, 0.2) is 6.10 Å². The Morgan fingerprint density at radius 3 is 2.67 bits per heavy atom. The van der Waals surface area contributed by atoms with Crippen molar-refractivity contribution in [2.45, 2.75) is 18.4 Å². The van der Waals surface area contributed by atoms with Crippen LogP contribution in [-0.2, 0) is 25.1 Å². The van der Waals surface area contributed by atoms with Crippen molar-refractivity contribution in [2.24, 2.45) is 0 Å². The van der Waals surface area contributed by atoms with Crippen LogP contribution in [0, 0.1) is 0 Å². The number of methoxy groups -OCH3 is 1. The number of amides is 1. The van der Waals surface area contributed by atoms with Gasteiger partial charge in [0.25, 0.3) is 5.91 Å². The molecule has 2 aliphatic rings. The topological polar surface area (TPSA) is 86.7 Å². The van der Waals surface area contributed by atoms with Gasteiger partial charge in [-0.2, -0.15) is 0 Å². The van der Waals surface area contributed by atoms with E-state index in [0.29, 0.717) is 5.75 Å². The Kier molecular flexibility index (Phi) is 5.45. The SMILES string of the molecule is CCS(=O)C1=C(C(=O)[O-])N2C(=O)[C@H](OC)[C@H]2S1.[Na+]. The third-order valence-electron chi connectivity index (χ3n) is 2.57. The van der Waals surface area contributed by atoms with Gasteiger partial charge in [-0.1, -0.05) is 18.7 Å². The molecule has 6 nitrogen and oxygen atoms in total. The zero-order chi connectivity index (χ0) is 12.7. The molecule has 1 saturated heterocycles. The molecule has 1 unspecified atom stereocenters. The van der Waals surface area contributed by atoms with Crippen LogP contribution in [0.25, 0.3) is 0 Å². The van der Waals surface area contributed by atoms with E-state index >= 15 is 0 Å². The largest absolute Gasteiger partial charge is 1.00 e. The molecule has 1 amide bonds. The van der Waals surface area contributed by atoms with Gasteiger partial charge in [-0.15, -0.1) is 0 Å². The number of aliphatic carboxylic acids is 1. The number of hydrogen-bond acceptors (Lipinski definition) is 6. The summed E-state index contributed by atoms with van der Waals surface area (Å²) in [5.74, 6) is -1.60. The average Bonchev–Trinajstić information content (AvgIpc) is 2.64. The molecule has 0 aromatic heterocycles. The number of ether oxygens (including phenoxy) is 1. The van der Waals surface area contributed by atoms with Gasteiger partial charge in [0, 0.05) is 12.9 Å². The number of carbonyl (C=O) groups is 2. The first-order valence-electron chi connectivity index (χ1n) is 4.89. The smallest absolute Gasteiger partial charge is 0.543 e. The molecule has 0 radical (unpaired) electrons. The van der Waals surface area contributed by atoms with E-state index < -0.39 is 34.2 Å². The summed E-state index contributed by atoms with van der Waals surface area (Å²) in [6.45, 7) is 1.68. The van der Waals surface area contributed by atoms with Gasteiger partial charge < -0.3 is 14.6 Å². The second kappa shape index (κ2) is 6.06. The number of β-lactam (4-membered cyclic amide) rings is 1. The van der Waals surface area contributed by atoms with E-state index in [1.807, 2.05) is 0 Å². The Labute approximate surface area is 133 Å². The predicted molar refractivity (Wildman–Crippen MR) is 59.7 cm³/mol. The van der Waals surface area contributed by atoms with Crippen LogP contribution < -0.4 is 34.7 Å². The summed E-state index contributed by atoms with van der Waals surface area (Å²) in [5, 5.41) is 10.6. The molecule has 2 heterocycles. The van der Waals surface area contributed by atoms with Crippen molar-refractivity contribution >= 4 is 34.4 Å². The van der Waals surface area contributed by atoms with Crippen molar-refractivity contribution in [1.29, 1.82) is 0 Å². The molecule has 2 aliphatic heterocycles. The maximum absolute atomic E-state index is 11.7. The summed E-state index contributed by atoms with van der Waals surface area (Å²) >= 11 is 1.10. The molecule has 94 valence electrons. The number of rotatable bonds is 4. The molecule has 0 aromatic rings. The molecular formula is C9H10NNaO5S2. The Morgan fingerprint density at radius 2 is 2.22 bits per heavy atom. The second-order valence-electron chi connectivity index (χ2n) is 3.43. The van der Waals surface area contributed by atoms with Crippen molar-refractivity contribution in [2.75, 3.05) is 12.9 Å². The van der Waals surface area contributed by atoms with E-state index in [1.165, 1.54) is 7.11 Å². The Morgan fingerprint density at radius 1 is 1.61 bits per heavy atom. The van der Waals surface area contributed by atoms with Crippen molar-refractivity contribution in [3.05, 3.63) is 9.93 Å². The number of fused-ring (bicyclic) bond motifs is 1. The summed E-state index contributed by atoms with van der Waals surface area (Å²) in [4.78, 5) is 23.7. The zero-order valence-corrected chi connectivity index (χ0v) is 13.8. The van der Waals surface area contributed by atoms with Crippen LogP contribution in [-0.4, -0.2) is 45.3 Å². The maximum Gasteiger partial charge on any atom is 1.00 e. The monoisotopic (exact) mass is 299 g/mol. The first-order valence-corrected chi connectivity index (χ1v) is 7.09. The molecule has 0 N–H and O–H groups in total. The second-order valence-corrected chi connectivity index (χ2v) is 6.49. The summed E-state index contributed by atoms with van der Waals surface area (Å²) < 4.78 is 16.9. The van der Waals surface area contributed by atoms with Gasteiger partial charge in [-0.3, -0.25) is 13.9 Å². The average molecular weight is 299 g/mol. The summed E-state index contributed by atoms with van der Waals surface area (Å²) in [6, 6.07) is 0. The van der Waals surface area contributed by atoms with Crippen molar-refractivity contribution in [1.82, 2.24) is 4.90 Å². The minimum atomic E-state index is -1.47. The summed E-state index contributed by atoms with van der Waals surface area (Å²) in [6.07, 6.45) is -0.666. The molecule has 0 spiro atoms. The van der Waals surface area contributed by atoms with Crippen LogP contribution in [0.2, 0.25) is 0 Å². The number of carboxylic acid groups (broad SMARTS) is 1. The Hall–Kier alpha value is 0.140. The van der Waals surface area contributed by atoms with Crippen LogP contribution in [0.3, 0.4) is 0 Å². The van der Waals surface area contributed by atoms with Crippen molar-refractivity contribution in [3.8, 4) is 0 Å². The zero-order valence-electron chi connectivity index (χ0n) is 10.2. The molecule has 2 rings (SSSR count). The minimum Gasteiger partial charge on any atom is -0.543 e. The van der Waals surface area contributed by atoms with E-state index in [4.69, 9.17) is 4.74 Å². The van der Waals surface area contributed by atoms with E-state index in [2.05, 4.69) is 0 Å². The van der Waals surface area contributed by atoms with E-state index in [1.54, 1.807) is 6.92 Å². The molecule has 1 fully saturated rings. The number of carboxylic acids is 1. The summed E-state index contributed by atoms with van der Waals surface area (Å²) in [7, 11) is -0.0310. The van der Waals surface area contributed by atoms with E-state index in [-0.39, 0.29) is 39.5 Å². The van der Waals surface area contributed by atoms with Gasteiger partial charge in [0.1, 0.15) is 5.37 Å². The molecule has 0 bridgehead atoms. The van der Waals surface area contributed by atoms with Crippen LogP contribution in [0.4, 0.5) is 0 Å². The van der Waals surface area contributed by atoms with Crippen LogP contribution in [0.5, 0.6) is 0 Å². The van der Waals surface area contributed by atoms with Gasteiger partial charge in [0.2, 0.25) is 0 Å². The predicted octanol–water partition coefficient (Wildman–Crippen LogP) is -4.39. The first kappa shape index (κ1) is 16.2. The number of hydrogen-bond donors (Lipinski definition) is 0. The minimum absolute atomic E-state index is 0. The molecule has 0 saturated carbocycles. The number of nitrogens with zero attached hydrogens (tertiary/aromatic N) is 1. The maximum atomic E-state index is 11.7. The summed E-state index contributed by atoms with van der Waals surface area (Å²) in [5.41, 5.74) is -0.265. The standard InChI is InChI=1S/C9H11NO5S2.Na/c1-3-17(14)9-4(8(12)13)10-6(11)5(15-2)7(10)16-9;/h5,7H,3H2,1-2H3,(H,12,13);/q;+1/p-1/t5-,7+,17?;/m0./s1. The normalized spacial score (nSPS) is 27.4. The molecule has 0 aliphatic carbocycles. The van der Waals surface area contributed by atoms with Gasteiger partial charge in [-0.25, -0.2) is 0 Å². The molecule has 18 heavy (non-hydrogen) atoms. The van der Waals surface area contributed by atoms with Gasteiger partial charge in [0.05, 0.1) is 26.7 Å². The van der Waals surface area contributed by atoms with Crippen molar-refractivity contribution < 1.29 is 53.2 Å². The third-order valence-corrected chi connectivity index (χ3v) is 5.66. The van der Waals surface area contributed by atoms with Crippen molar-refractivity contribution in [3.63, 3.8) is 0 Å². The molecule has 3 atom stereocenters. The molecular weight excluding hydrogens is 289 g/mol.